The summed E-state index contributed by atoms with van der Waals surface area (Å²) in [7, 11) is 0. The summed E-state index contributed by atoms with van der Waals surface area (Å²) < 4.78 is 20.1. The van der Waals surface area contributed by atoms with E-state index in [9.17, 15) is 14.3 Å². The molecule has 0 aromatic heterocycles. The lowest BCUT2D eigenvalue weighted by Crippen LogP contribution is -2.49. The molecular formula is C13H22FNO3. The van der Waals surface area contributed by atoms with E-state index in [1.165, 1.54) is 4.90 Å². The SMILES string of the molecule is CC1(C)OC[C@H](CC2(F)CCCCC2)N1C(=O)O. The molecule has 0 unspecified atom stereocenters. The zero-order valence-corrected chi connectivity index (χ0v) is 11.1. The molecule has 2 rings (SSSR count). The Morgan fingerprint density at radius 2 is 2.00 bits per heavy atom. The van der Waals surface area contributed by atoms with Gasteiger partial charge in [0.25, 0.3) is 0 Å². The first-order valence-corrected chi connectivity index (χ1v) is 6.69. The Kier molecular flexibility index (Phi) is 3.54. The average molecular weight is 259 g/mol. The molecular weight excluding hydrogens is 237 g/mol. The second kappa shape index (κ2) is 4.68. The zero-order valence-electron chi connectivity index (χ0n) is 11.1. The van der Waals surface area contributed by atoms with Crippen molar-refractivity contribution in [3.05, 3.63) is 0 Å². The van der Waals surface area contributed by atoms with Gasteiger partial charge in [0.15, 0.2) is 0 Å². The topological polar surface area (TPSA) is 49.8 Å². The Morgan fingerprint density at radius 3 is 2.56 bits per heavy atom. The maximum atomic E-state index is 14.6. The molecule has 104 valence electrons. The van der Waals surface area contributed by atoms with Crippen molar-refractivity contribution in [2.24, 2.45) is 0 Å². The molecule has 1 N–H and O–H groups in total. The number of carboxylic acid groups (broad SMARTS) is 1. The molecule has 1 saturated carbocycles. The first kappa shape index (κ1) is 13.6. The highest BCUT2D eigenvalue weighted by atomic mass is 19.1. The summed E-state index contributed by atoms with van der Waals surface area (Å²) in [6.07, 6.45) is 3.24. The Morgan fingerprint density at radius 1 is 1.39 bits per heavy atom. The fraction of sp³-hybridized carbons (Fsp3) is 0.923. The summed E-state index contributed by atoms with van der Waals surface area (Å²) in [5.41, 5.74) is -2.05. The normalized spacial score (nSPS) is 30.4. The Balaban J connectivity index is 2.06. The molecule has 0 radical (unpaired) electrons. The molecule has 0 aromatic carbocycles. The number of ether oxygens (including phenoxy) is 1. The van der Waals surface area contributed by atoms with Crippen LogP contribution in [0.2, 0.25) is 0 Å². The first-order chi connectivity index (χ1) is 8.34. The summed E-state index contributed by atoms with van der Waals surface area (Å²) >= 11 is 0. The number of hydrogen-bond donors (Lipinski definition) is 1. The van der Waals surface area contributed by atoms with E-state index in [1.807, 2.05) is 0 Å². The van der Waals surface area contributed by atoms with Gasteiger partial charge in [-0.15, -0.1) is 0 Å². The van der Waals surface area contributed by atoms with Gasteiger partial charge in [-0.3, -0.25) is 4.90 Å². The van der Waals surface area contributed by atoms with Crippen molar-refractivity contribution >= 4 is 6.09 Å². The van der Waals surface area contributed by atoms with Crippen LogP contribution < -0.4 is 0 Å². The van der Waals surface area contributed by atoms with Crippen molar-refractivity contribution in [3.8, 4) is 0 Å². The largest absolute Gasteiger partial charge is 0.465 e. The predicted molar refractivity (Wildman–Crippen MR) is 65.2 cm³/mol. The zero-order chi connectivity index (χ0) is 13.4. The van der Waals surface area contributed by atoms with Crippen LogP contribution in [0.3, 0.4) is 0 Å². The Labute approximate surface area is 107 Å². The average Bonchev–Trinajstić information content (AvgIpc) is 2.54. The maximum Gasteiger partial charge on any atom is 0.409 e. The van der Waals surface area contributed by atoms with Gasteiger partial charge in [0.1, 0.15) is 11.4 Å². The van der Waals surface area contributed by atoms with E-state index in [0.29, 0.717) is 19.4 Å². The number of halogens is 1. The molecule has 0 bridgehead atoms. The minimum atomic E-state index is -1.21. The highest BCUT2D eigenvalue weighted by Crippen LogP contribution is 2.39. The van der Waals surface area contributed by atoms with E-state index in [0.717, 1.165) is 19.3 Å². The van der Waals surface area contributed by atoms with Gasteiger partial charge in [0, 0.05) is 6.42 Å². The monoisotopic (exact) mass is 259 g/mol. The summed E-state index contributed by atoms with van der Waals surface area (Å²) in [4.78, 5) is 12.6. The van der Waals surface area contributed by atoms with Crippen molar-refractivity contribution in [1.82, 2.24) is 4.90 Å². The predicted octanol–water partition coefficient (Wildman–Crippen LogP) is 3.16. The fourth-order valence-corrected chi connectivity index (χ4v) is 3.23. The first-order valence-electron chi connectivity index (χ1n) is 6.69. The van der Waals surface area contributed by atoms with Crippen molar-refractivity contribution < 1.29 is 19.0 Å². The van der Waals surface area contributed by atoms with Gasteiger partial charge >= 0.3 is 6.09 Å². The van der Waals surface area contributed by atoms with Gasteiger partial charge in [-0.05, 0) is 26.7 Å². The second-order valence-electron chi connectivity index (χ2n) is 5.98. The minimum Gasteiger partial charge on any atom is -0.465 e. The third kappa shape index (κ3) is 2.60. The van der Waals surface area contributed by atoms with Crippen molar-refractivity contribution in [3.63, 3.8) is 0 Å². The number of rotatable bonds is 2. The molecule has 18 heavy (non-hydrogen) atoms. The molecule has 1 aliphatic carbocycles. The lowest BCUT2D eigenvalue weighted by atomic mass is 9.82. The van der Waals surface area contributed by atoms with Crippen LogP contribution in [0.1, 0.15) is 52.4 Å². The molecule has 1 heterocycles. The Hall–Kier alpha value is -0.840. The molecule has 2 aliphatic rings. The van der Waals surface area contributed by atoms with Gasteiger partial charge in [-0.25, -0.2) is 9.18 Å². The summed E-state index contributed by atoms with van der Waals surface area (Å²) in [5.74, 6) is 0. The molecule has 1 aliphatic heterocycles. The highest BCUT2D eigenvalue weighted by molar-refractivity contribution is 5.66. The van der Waals surface area contributed by atoms with E-state index in [1.54, 1.807) is 13.8 Å². The molecule has 1 saturated heterocycles. The summed E-state index contributed by atoms with van der Waals surface area (Å²) in [6, 6.07) is -0.361. The molecule has 2 fully saturated rings. The minimum absolute atomic E-state index is 0.267. The van der Waals surface area contributed by atoms with Crippen LogP contribution in [-0.4, -0.2) is 40.1 Å². The van der Waals surface area contributed by atoms with Gasteiger partial charge in [0.2, 0.25) is 0 Å². The third-order valence-electron chi connectivity index (χ3n) is 4.13. The van der Waals surface area contributed by atoms with Crippen LogP contribution >= 0.6 is 0 Å². The number of carbonyl (C=O) groups is 1. The number of amides is 1. The summed E-state index contributed by atoms with van der Waals surface area (Å²) in [5, 5.41) is 9.26. The van der Waals surface area contributed by atoms with E-state index in [2.05, 4.69) is 0 Å². The Bertz CT molecular complexity index is 326. The van der Waals surface area contributed by atoms with Crippen LogP contribution in [0.4, 0.5) is 9.18 Å². The van der Waals surface area contributed by atoms with Crippen LogP contribution in [0.15, 0.2) is 0 Å². The standard InChI is InChI=1S/C13H22FNO3/c1-12(2)15(11(16)17)10(9-18-12)8-13(14)6-4-3-5-7-13/h10H,3-9H2,1-2H3,(H,16,17)/t10-/m0/s1. The van der Waals surface area contributed by atoms with Gasteiger partial charge < -0.3 is 9.84 Å². The highest BCUT2D eigenvalue weighted by Gasteiger charge is 2.47. The van der Waals surface area contributed by atoms with Gasteiger partial charge in [0.05, 0.1) is 12.6 Å². The molecule has 0 spiro atoms. The smallest absolute Gasteiger partial charge is 0.409 e. The second-order valence-corrected chi connectivity index (χ2v) is 5.98. The van der Waals surface area contributed by atoms with E-state index >= 15 is 0 Å². The van der Waals surface area contributed by atoms with Gasteiger partial charge in [-0.2, -0.15) is 0 Å². The van der Waals surface area contributed by atoms with E-state index in [-0.39, 0.29) is 12.5 Å². The molecule has 1 atom stereocenters. The van der Waals surface area contributed by atoms with Crippen molar-refractivity contribution in [2.75, 3.05) is 6.61 Å². The molecule has 1 amide bonds. The van der Waals surface area contributed by atoms with Crippen molar-refractivity contribution in [1.29, 1.82) is 0 Å². The number of hydrogen-bond acceptors (Lipinski definition) is 2. The van der Waals surface area contributed by atoms with Crippen LogP contribution in [0.25, 0.3) is 0 Å². The lowest BCUT2D eigenvalue weighted by molar-refractivity contribution is -0.0440. The maximum absolute atomic E-state index is 14.6. The van der Waals surface area contributed by atoms with Crippen molar-refractivity contribution in [2.45, 2.75) is 69.8 Å². The van der Waals surface area contributed by atoms with Crippen LogP contribution in [0.5, 0.6) is 0 Å². The van der Waals surface area contributed by atoms with Crippen LogP contribution in [0, 0.1) is 0 Å². The number of nitrogens with zero attached hydrogens (tertiary/aromatic N) is 1. The van der Waals surface area contributed by atoms with E-state index in [4.69, 9.17) is 4.74 Å². The fourth-order valence-electron chi connectivity index (χ4n) is 3.23. The number of alkyl halides is 1. The van der Waals surface area contributed by atoms with E-state index < -0.39 is 17.5 Å². The third-order valence-corrected chi connectivity index (χ3v) is 4.13. The lowest BCUT2D eigenvalue weighted by Gasteiger charge is -2.36. The molecule has 5 heteroatoms. The summed E-state index contributed by atoms with van der Waals surface area (Å²) in [6.45, 7) is 3.73. The molecule has 4 nitrogen and oxygen atoms in total. The van der Waals surface area contributed by atoms with Crippen LogP contribution in [-0.2, 0) is 4.74 Å². The van der Waals surface area contributed by atoms with Gasteiger partial charge in [-0.1, -0.05) is 19.3 Å². The quantitative estimate of drug-likeness (QED) is 0.828. The molecule has 0 aromatic rings.